The highest BCUT2D eigenvalue weighted by atomic mass is 16.6. The number of likely N-dealkylation sites (N-methyl/N-ethyl adjacent to an activating group) is 1. The number of hydrogen-bond donors (Lipinski definition) is 1. The summed E-state index contributed by atoms with van der Waals surface area (Å²) in [6.45, 7) is 4.65. The molecule has 2 atom stereocenters. The Morgan fingerprint density at radius 1 is 0.449 bits per heavy atom. The molecule has 69 heavy (non-hydrogen) atoms. The second-order valence-electron chi connectivity index (χ2n) is 20.5. The van der Waals surface area contributed by atoms with E-state index in [1.807, 2.05) is 21.1 Å². The number of ether oxygens (including phenoxy) is 3. The van der Waals surface area contributed by atoms with Crippen LogP contribution in [-0.2, 0) is 28.6 Å². The summed E-state index contributed by atoms with van der Waals surface area (Å²) in [5, 5.41) is 9.68. The molecule has 0 aromatic carbocycles. The third-order valence-corrected chi connectivity index (χ3v) is 12.9. The molecule has 8 nitrogen and oxygen atoms in total. The first kappa shape index (κ1) is 66.0. The van der Waals surface area contributed by atoms with Gasteiger partial charge in [-0.3, -0.25) is 9.59 Å². The van der Waals surface area contributed by atoms with Crippen LogP contribution in [0.15, 0.2) is 60.8 Å². The molecule has 8 heteroatoms. The third kappa shape index (κ3) is 49.8. The highest BCUT2D eigenvalue weighted by Gasteiger charge is 2.31. The minimum absolute atomic E-state index is 0.0553. The van der Waals surface area contributed by atoms with Crippen LogP contribution in [0, 0.1) is 0 Å². The van der Waals surface area contributed by atoms with E-state index in [2.05, 4.69) is 74.6 Å². The van der Waals surface area contributed by atoms with Gasteiger partial charge in [-0.2, -0.15) is 0 Å². The molecular weight excluding hydrogens is 859 g/mol. The van der Waals surface area contributed by atoms with E-state index in [4.69, 9.17) is 14.2 Å². The van der Waals surface area contributed by atoms with Crippen molar-refractivity contribution in [2.75, 3.05) is 41.0 Å². The maximum Gasteiger partial charge on any atom is 0.362 e. The molecular formula is C61H110NO7+. The number of carbonyl (C=O) groups is 3. The Morgan fingerprint density at radius 3 is 1.22 bits per heavy atom. The maximum absolute atomic E-state index is 12.8. The zero-order valence-electron chi connectivity index (χ0n) is 45.8. The molecule has 0 aliphatic rings. The predicted octanol–water partition coefficient (Wildman–Crippen LogP) is 17.3. The standard InChI is InChI=1S/C61H109NO7/c1-6-8-10-12-14-16-18-20-22-24-26-28-30-32-33-35-37-39-41-43-45-47-49-51-59(63)68-56-57(55-67-54-53-58(61(65)66)62(3,4)5)69-60(64)52-50-48-46-44-42-40-38-36-34-31-29-27-25-23-21-19-17-15-13-11-9-7-2/h8,10,14,16,20,22,26,28,31,34,57-58H,6-7,9,11-13,15,17-19,21,23-25,27,29-30,32-33,35-56H2,1-5H3/p+1/b10-8+,16-14+,22-20+,28-26+,34-31+. The molecule has 0 aliphatic carbocycles. The summed E-state index contributed by atoms with van der Waals surface area (Å²) < 4.78 is 17.4. The van der Waals surface area contributed by atoms with E-state index in [1.165, 1.54) is 161 Å². The molecule has 0 aromatic rings. The monoisotopic (exact) mass is 969 g/mol. The minimum Gasteiger partial charge on any atom is -0.477 e. The molecule has 0 bridgehead atoms. The lowest BCUT2D eigenvalue weighted by molar-refractivity contribution is -0.887. The van der Waals surface area contributed by atoms with Crippen molar-refractivity contribution < 1.29 is 38.2 Å². The van der Waals surface area contributed by atoms with Crippen LogP contribution in [0.5, 0.6) is 0 Å². The Labute approximate surface area is 426 Å². The SMILES string of the molecule is CC/C=C/C/C=C/C/C=C/C/C=C/CCCCCCCCCCCCC(=O)OCC(COCCC(C(=O)O)[N+](C)(C)C)OC(=O)CCCCCCCCC/C=C/CCCCCCCCCCCCC. The smallest absolute Gasteiger partial charge is 0.362 e. The van der Waals surface area contributed by atoms with Crippen molar-refractivity contribution in [3.63, 3.8) is 0 Å². The first-order chi connectivity index (χ1) is 33.6. The quantitative estimate of drug-likeness (QED) is 0.0280. The van der Waals surface area contributed by atoms with Crippen LogP contribution in [0.1, 0.15) is 258 Å². The van der Waals surface area contributed by atoms with E-state index in [0.29, 0.717) is 19.3 Å². The van der Waals surface area contributed by atoms with Crippen LogP contribution in [0.4, 0.5) is 0 Å². The lowest BCUT2D eigenvalue weighted by Gasteiger charge is -2.31. The van der Waals surface area contributed by atoms with Gasteiger partial charge in [0.15, 0.2) is 12.1 Å². The van der Waals surface area contributed by atoms with Gasteiger partial charge in [0.2, 0.25) is 0 Å². The fraction of sp³-hybridized carbons (Fsp3) is 0.787. The zero-order valence-corrected chi connectivity index (χ0v) is 45.8. The van der Waals surface area contributed by atoms with Crippen LogP contribution in [-0.4, -0.2) is 80.6 Å². The minimum atomic E-state index is -0.875. The molecule has 2 unspecified atom stereocenters. The molecule has 0 spiro atoms. The van der Waals surface area contributed by atoms with Crippen molar-refractivity contribution in [3.8, 4) is 0 Å². The molecule has 0 saturated heterocycles. The van der Waals surface area contributed by atoms with Crippen molar-refractivity contribution >= 4 is 17.9 Å². The fourth-order valence-electron chi connectivity index (χ4n) is 8.49. The van der Waals surface area contributed by atoms with Crippen LogP contribution in [0.2, 0.25) is 0 Å². The van der Waals surface area contributed by atoms with E-state index < -0.39 is 18.1 Å². The highest BCUT2D eigenvalue weighted by Crippen LogP contribution is 2.16. The van der Waals surface area contributed by atoms with Crippen molar-refractivity contribution in [2.24, 2.45) is 0 Å². The topological polar surface area (TPSA) is 99.1 Å². The van der Waals surface area contributed by atoms with Crippen molar-refractivity contribution in [3.05, 3.63) is 60.8 Å². The molecule has 0 rings (SSSR count). The zero-order chi connectivity index (χ0) is 50.6. The summed E-state index contributed by atoms with van der Waals surface area (Å²) in [7, 11) is 5.54. The van der Waals surface area contributed by atoms with Gasteiger partial charge in [-0.25, -0.2) is 4.79 Å². The molecule has 0 fully saturated rings. The largest absolute Gasteiger partial charge is 0.477 e. The number of hydrogen-bond acceptors (Lipinski definition) is 6. The van der Waals surface area contributed by atoms with E-state index >= 15 is 0 Å². The first-order valence-corrected chi connectivity index (χ1v) is 28.8. The Balaban J connectivity index is 4.18. The van der Waals surface area contributed by atoms with Crippen LogP contribution in [0.3, 0.4) is 0 Å². The van der Waals surface area contributed by atoms with Gasteiger partial charge < -0.3 is 23.8 Å². The van der Waals surface area contributed by atoms with Gasteiger partial charge in [-0.05, 0) is 77.0 Å². The third-order valence-electron chi connectivity index (χ3n) is 12.9. The fourth-order valence-corrected chi connectivity index (χ4v) is 8.49. The van der Waals surface area contributed by atoms with Gasteiger partial charge in [0.05, 0.1) is 34.4 Å². The van der Waals surface area contributed by atoms with Crippen molar-refractivity contribution in [2.45, 2.75) is 270 Å². The number of carboxylic acid groups (broad SMARTS) is 1. The second kappa shape index (κ2) is 51.4. The Morgan fingerprint density at radius 2 is 0.812 bits per heavy atom. The number of rotatable bonds is 52. The van der Waals surface area contributed by atoms with Gasteiger partial charge in [-0.1, -0.05) is 222 Å². The molecule has 1 N–H and O–H groups in total. The number of unbranched alkanes of at least 4 members (excludes halogenated alkanes) is 28. The molecule has 0 heterocycles. The molecule has 0 radical (unpaired) electrons. The van der Waals surface area contributed by atoms with E-state index in [9.17, 15) is 19.5 Å². The first-order valence-electron chi connectivity index (χ1n) is 28.8. The van der Waals surface area contributed by atoms with Crippen molar-refractivity contribution in [1.29, 1.82) is 0 Å². The average molecular weight is 970 g/mol. The number of aliphatic carboxylic acids is 1. The van der Waals surface area contributed by atoms with Gasteiger partial charge >= 0.3 is 17.9 Å². The van der Waals surface area contributed by atoms with Gasteiger partial charge in [0.1, 0.15) is 6.61 Å². The van der Waals surface area contributed by atoms with Gasteiger partial charge in [0, 0.05) is 19.3 Å². The molecule has 0 aliphatic heterocycles. The summed E-state index contributed by atoms with van der Waals surface area (Å²) in [5.74, 6) is -1.47. The van der Waals surface area contributed by atoms with Crippen LogP contribution >= 0.6 is 0 Å². The summed E-state index contributed by atoms with van der Waals surface area (Å²) in [5.41, 5.74) is 0. The van der Waals surface area contributed by atoms with E-state index in [0.717, 1.165) is 64.2 Å². The number of esters is 2. The normalized spacial score (nSPS) is 13.2. The Hall–Kier alpha value is -2.97. The van der Waals surface area contributed by atoms with E-state index in [-0.39, 0.29) is 36.2 Å². The number of nitrogens with zero attached hydrogens (tertiary/aromatic N) is 1. The van der Waals surface area contributed by atoms with Crippen molar-refractivity contribution in [1.82, 2.24) is 0 Å². The van der Waals surface area contributed by atoms with E-state index in [1.54, 1.807) is 0 Å². The molecule has 0 aromatic heterocycles. The Bertz CT molecular complexity index is 1310. The lowest BCUT2D eigenvalue weighted by atomic mass is 10.0. The molecule has 0 amide bonds. The predicted molar refractivity (Wildman–Crippen MR) is 294 cm³/mol. The van der Waals surface area contributed by atoms with Crippen LogP contribution < -0.4 is 0 Å². The number of allylic oxidation sites excluding steroid dienone is 10. The highest BCUT2D eigenvalue weighted by molar-refractivity contribution is 5.72. The summed E-state index contributed by atoms with van der Waals surface area (Å²) in [6.07, 6.45) is 65.7. The van der Waals surface area contributed by atoms with Gasteiger partial charge in [0.25, 0.3) is 0 Å². The van der Waals surface area contributed by atoms with Crippen LogP contribution in [0.25, 0.3) is 0 Å². The number of carbonyl (C=O) groups excluding carboxylic acids is 2. The lowest BCUT2D eigenvalue weighted by Crippen LogP contribution is -2.50. The second-order valence-corrected chi connectivity index (χ2v) is 20.5. The molecule has 400 valence electrons. The summed E-state index contributed by atoms with van der Waals surface area (Å²) in [6, 6.07) is -0.618. The molecule has 0 saturated carbocycles. The average Bonchev–Trinajstić information content (AvgIpc) is 3.31. The Kier molecular flexibility index (Phi) is 49.2. The number of quaternary nitrogens is 1. The summed E-state index contributed by atoms with van der Waals surface area (Å²) in [4.78, 5) is 37.3. The number of carboxylic acids is 1. The van der Waals surface area contributed by atoms with Gasteiger partial charge in [-0.15, -0.1) is 0 Å². The summed E-state index contributed by atoms with van der Waals surface area (Å²) >= 11 is 0. The maximum atomic E-state index is 12.8.